The number of Topliss-reactive ketones (excluding diaryl/α,β-unsaturated/α-hetero) is 2. The number of nitrogens with one attached hydrogen (secondary N) is 1. The van der Waals surface area contributed by atoms with Crippen LogP contribution in [0.15, 0.2) is 59.5 Å². The Morgan fingerprint density at radius 2 is 1.63 bits per heavy atom. The van der Waals surface area contributed by atoms with Crippen LogP contribution in [0.1, 0.15) is 22.0 Å². The number of likely N-dealkylation sites (N-methyl/N-ethyl adjacent to an activating group) is 1. The molecule has 2 heterocycles. The number of rotatable bonds is 8. The van der Waals surface area contributed by atoms with E-state index >= 15 is 0 Å². The monoisotopic (exact) mass is 500 g/mol. The van der Waals surface area contributed by atoms with E-state index in [0.717, 1.165) is 4.90 Å². The van der Waals surface area contributed by atoms with Crippen molar-refractivity contribution in [3.63, 3.8) is 0 Å². The second-order valence-electron chi connectivity index (χ2n) is 9.06. The highest BCUT2D eigenvalue weighted by atomic mass is 32.2. The van der Waals surface area contributed by atoms with Gasteiger partial charge in [-0.05, 0) is 17.7 Å². The molecule has 9 nitrogen and oxygen atoms in total. The summed E-state index contributed by atoms with van der Waals surface area (Å²) in [5.74, 6) is -3.08. The van der Waals surface area contributed by atoms with Crippen molar-refractivity contribution in [2.75, 3.05) is 53.5 Å². The van der Waals surface area contributed by atoms with Crippen molar-refractivity contribution in [1.29, 1.82) is 0 Å². The minimum atomic E-state index is -3.71. The molecular formula is C25H30N3O6S+. The maximum absolute atomic E-state index is 13.6. The third kappa shape index (κ3) is 5.06. The van der Waals surface area contributed by atoms with Crippen LogP contribution in [-0.2, 0) is 24.3 Å². The van der Waals surface area contributed by atoms with E-state index in [1.54, 1.807) is 0 Å². The lowest BCUT2D eigenvalue weighted by atomic mass is 9.86. The number of nitrogens with zero attached hydrogens (tertiary/aromatic N) is 2. The number of likely N-dealkylation sites (tertiary alicyclic amines) is 1. The number of morpholine rings is 1. The molecule has 186 valence electrons. The summed E-state index contributed by atoms with van der Waals surface area (Å²) in [4.78, 5) is 42.2. The number of hydrogen-bond acceptors (Lipinski definition) is 6. The predicted molar refractivity (Wildman–Crippen MR) is 127 cm³/mol. The SMILES string of the molecule is C[NH+](C)CCN1C(=O)C(=O)C(C(=O)c2ccc(S(=O)(=O)N3CCOCC3)cc2)C1c1ccccc1. The summed E-state index contributed by atoms with van der Waals surface area (Å²) in [7, 11) is 0.196. The fourth-order valence-electron chi connectivity index (χ4n) is 4.50. The van der Waals surface area contributed by atoms with Gasteiger partial charge < -0.3 is 14.5 Å². The molecule has 0 aliphatic carbocycles. The van der Waals surface area contributed by atoms with Gasteiger partial charge in [-0.2, -0.15) is 4.31 Å². The van der Waals surface area contributed by atoms with Gasteiger partial charge in [-0.1, -0.05) is 42.5 Å². The molecular weight excluding hydrogens is 470 g/mol. The first-order valence-electron chi connectivity index (χ1n) is 11.6. The maximum Gasteiger partial charge on any atom is 0.291 e. The molecule has 2 unspecified atom stereocenters. The molecule has 4 rings (SSSR count). The molecule has 0 bridgehead atoms. The number of carbonyl (C=O) groups is 3. The van der Waals surface area contributed by atoms with Crippen LogP contribution < -0.4 is 4.90 Å². The summed E-state index contributed by atoms with van der Waals surface area (Å²) in [5.41, 5.74) is 0.906. The van der Waals surface area contributed by atoms with Crippen LogP contribution in [0.2, 0.25) is 0 Å². The van der Waals surface area contributed by atoms with Crippen LogP contribution in [0, 0.1) is 5.92 Å². The van der Waals surface area contributed by atoms with Crippen molar-refractivity contribution in [2.45, 2.75) is 10.9 Å². The van der Waals surface area contributed by atoms with Crippen molar-refractivity contribution < 1.29 is 32.4 Å². The summed E-state index contributed by atoms with van der Waals surface area (Å²) < 4.78 is 32.4. The number of sulfonamides is 1. The van der Waals surface area contributed by atoms with Crippen LogP contribution >= 0.6 is 0 Å². The van der Waals surface area contributed by atoms with Gasteiger partial charge in [-0.3, -0.25) is 14.4 Å². The zero-order chi connectivity index (χ0) is 25.2. The third-order valence-electron chi connectivity index (χ3n) is 6.43. The smallest absolute Gasteiger partial charge is 0.291 e. The Labute approximate surface area is 205 Å². The Balaban J connectivity index is 1.63. The molecule has 2 fully saturated rings. The van der Waals surface area contributed by atoms with E-state index in [1.165, 1.54) is 33.5 Å². The Morgan fingerprint density at radius 3 is 2.23 bits per heavy atom. The molecule has 0 spiro atoms. The molecule has 1 N–H and O–H groups in total. The minimum absolute atomic E-state index is 0.0694. The van der Waals surface area contributed by atoms with Gasteiger partial charge in [0.25, 0.3) is 5.91 Å². The highest BCUT2D eigenvalue weighted by Gasteiger charge is 2.51. The van der Waals surface area contributed by atoms with Crippen LogP contribution in [0.25, 0.3) is 0 Å². The molecule has 2 aromatic rings. The first-order chi connectivity index (χ1) is 16.7. The molecule has 2 aliphatic heterocycles. The number of ether oxygens (including phenoxy) is 1. The van der Waals surface area contributed by atoms with Crippen molar-refractivity contribution in [3.05, 3.63) is 65.7 Å². The average Bonchev–Trinajstić information content (AvgIpc) is 3.13. The van der Waals surface area contributed by atoms with Gasteiger partial charge in [-0.15, -0.1) is 0 Å². The highest BCUT2D eigenvalue weighted by Crippen LogP contribution is 2.38. The van der Waals surface area contributed by atoms with Gasteiger partial charge in [0.1, 0.15) is 5.92 Å². The fraction of sp³-hybridized carbons (Fsp3) is 0.400. The first kappa shape index (κ1) is 25.2. The van der Waals surface area contributed by atoms with E-state index < -0.39 is 39.5 Å². The standard InChI is InChI=1S/C25H29N3O6S/c1-26(2)12-13-28-22(18-6-4-3-5-7-18)21(24(30)25(28)31)23(29)19-8-10-20(11-9-19)35(32,33)27-14-16-34-17-15-27/h3-11,21-22H,12-17H2,1-2H3/p+1. The quantitative estimate of drug-likeness (QED) is 0.306. The Morgan fingerprint density at radius 1 is 1.00 bits per heavy atom. The summed E-state index contributed by atoms with van der Waals surface area (Å²) >= 11 is 0. The Bertz CT molecular complexity index is 1190. The molecule has 0 aromatic heterocycles. The summed E-state index contributed by atoms with van der Waals surface area (Å²) in [5, 5.41) is 0. The molecule has 0 radical (unpaired) electrons. The predicted octanol–water partition coefficient (Wildman–Crippen LogP) is -0.196. The molecule has 1 amide bonds. The summed E-state index contributed by atoms with van der Waals surface area (Å²) in [6.07, 6.45) is 0. The van der Waals surface area contributed by atoms with E-state index in [1.807, 2.05) is 44.4 Å². The van der Waals surface area contributed by atoms with Gasteiger partial charge in [0.2, 0.25) is 15.8 Å². The van der Waals surface area contributed by atoms with Gasteiger partial charge >= 0.3 is 0 Å². The van der Waals surface area contributed by atoms with Gasteiger partial charge in [0, 0.05) is 18.7 Å². The van der Waals surface area contributed by atoms with Crippen LogP contribution in [-0.4, -0.2) is 88.6 Å². The third-order valence-corrected chi connectivity index (χ3v) is 8.34. The summed E-state index contributed by atoms with van der Waals surface area (Å²) in [6, 6.07) is 14.0. The van der Waals surface area contributed by atoms with E-state index in [-0.39, 0.29) is 23.5 Å². The van der Waals surface area contributed by atoms with Crippen LogP contribution in [0.3, 0.4) is 0 Å². The Hall–Kier alpha value is -2.92. The number of amides is 1. The zero-order valence-corrected chi connectivity index (χ0v) is 20.7. The number of hydrogen-bond donors (Lipinski definition) is 1. The average molecular weight is 501 g/mol. The van der Waals surface area contributed by atoms with E-state index in [0.29, 0.717) is 31.9 Å². The molecule has 35 heavy (non-hydrogen) atoms. The summed E-state index contributed by atoms with van der Waals surface area (Å²) in [6.45, 7) is 2.17. The second kappa shape index (κ2) is 10.4. The Kier molecular flexibility index (Phi) is 7.46. The maximum atomic E-state index is 13.6. The van der Waals surface area contributed by atoms with E-state index in [4.69, 9.17) is 4.74 Å². The van der Waals surface area contributed by atoms with Crippen molar-refractivity contribution >= 4 is 27.5 Å². The number of benzene rings is 2. The van der Waals surface area contributed by atoms with Crippen molar-refractivity contribution in [1.82, 2.24) is 9.21 Å². The zero-order valence-electron chi connectivity index (χ0n) is 19.8. The second-order valence-corrected chi connectivity index (χ2v) is 11.0. The molecule has 10 heteroatoms. The fourth-order valence-corrected chi connectivity index (χ4v) is 5.91. The molecule has 0 saturated carbocycles. The van der Waals surface area contributed by atoms with E-state index in [2.05, 4.69) is 0 Å². The molecule has 2 atom stereocenters. The number of ketones is 2. The van der Waals surface area contributed by atoms with Crippen LogP contribution in [0.4, 0.5) is 0 Å². The van der Waals surface area contributed by atoms with Crippen molar-refractivity contribution in [3.8, 4) is 0 Å². The highest BCUT2D eigenvalue weighted by molar-refractivity contribution is 7.89. The number of quaternary nitrogens is 1. The minimum Gasteiger partial charge on any atom is -0.379 e. The van der Waals surface area contributed by atoms with Gasteiger partial charge in [0.15, 0.2) is 5.78 Å². The lowest BCUT2D eigenvalue weighted by molar-refractivity contribution is -0.857. The number of carbonyl (C=O) groups excluding carboxylic acids is 3. The molecule has 2 aromatic carbocycles. The topological polar surface area (TPSA) is 106 Å². The molecule has 2 aliphatic rings. The first-order valence-corrected chi connectivity index (χ1v) is 13.1. The van der Waals surface area contributed by atoms with Gasteiger partial charge in [-0.25, -0.2) is 8.42 Å². The lowest BCUT2D eigenvalue weighted by Crippen LogP contribution is -3.06. The normalized spacial score (nSPS) is 21.6. The lowest BCUT2D eigenvalue weighted by Gasteiger charge is -2.27. The van der Waals surface area contributed by atoms with Crippen LogP contribution in [0.5, 0.6) is 0 Å². The van der Waals surface area contributed by atoms with Gasteiger partial charge in [0.05, 0.1) is 51.3 Å². The largest absolute Gasteiger partial charge is 0.379 e. The molecule has 2 saturated heterocycles. The van der Waals surface area contributed by atoms with E-state index in [9.17, 15) is 22.8 Å². The van der Waals surface area contributed by atoms with Crippen molar-refractivity contribution in [2.24, 2.45) is 5.92 Å².